The summed E-state index contributed by atoms with van der Waals surface area (Å²) in [5.74, 6) is -0.915. The minimum Gasteiger partial charge on any atom is -0.323 e. The fourth-order valence-corrected chi connectivity index (χ4v) is 3.96. The standard InChI is InChI=1S/C26H26Cl2N4O3/c1-32(2)15-5-10-23(34)30-18-7-3-6-17(16-18)11-12-22(33)25-21(13-14-29-25)31-26(35)24-19(27)8-4-9-20(24)28/h3-10,13,16H,11-12,14-15H2,1-2H3,(H,30,34)(H,31,35)/b10-5+. The molecule has 9 heteroatoms. The number of carbonyl (C=O) groups is 3. The highest BCUT2D eigenvalue weighted by atomic mass is 35.5. The smallest absolute Gasteiger partial charge is 0.258 e. The van der Waals surface area contributed by atoms with Gasteiger partial charge in [-0.05, 0) is 56.4 Å². The van der Waals surface area contributed by atoms with Crippen molar-refractivity contribution in [2.24, 2.45) is 4.99 Å². The van der Waals surface area contributed by atoms with Crippen LogP contribution >= 0.6 is 23.2 Å². The third-order valence-electron chi connectivity index (χ3n) is 5.08. The maximum absolute atomic E-state index is 12.9. The van der Waals surface area contributed by atoms with Gasteiger partial charge in [0.15, 0.2) is 5.78 Å². The van der Waals surface area contributed by atoms with Crippen LogP contribution in [0.25, 0.3) is 0 Å². The van der Waals surface area contributed by atoms with E-state index in [2.05, 4.69) is 15.6 Å². The molecule has 1 heterocycles. The second kappa shape index (κ2) is 12.4. The maximum atomic E-state index is 12.9. The lowest BCUT2D eigenvalue weighted by Gasteiger charge is -2.11. The third-order valence-corrected chi connectivity index (χ3v) is 5.71. The number of aliphatic imine (C=N–C) groups is 1. The Kier molecular flexibility index (Phi) is 9.37. The molecule has 2 aromatic rings. The Balaban J connectivity index is 1.57. The fraction of sp³-hybridized carbons (Fsp3) is 0.231. The quantitative estimate of drug-likeness (QED) is 0.463. The number of allylic oxidation sites excluding steroid dienone is 1. The van der Waals surface area contributed by atoms with Crippen LogP contribution in [-0.4, -0.2) is 55.4 Å². The van der Waals surface area contributed by atoms with Crippen molar-refractivity contribution in [3.05, 3.63) is 87.6 Å². The topological polar surface area (TPSA) is 90.9 Å². The number of Topliss-reactive ketones (excluding diaryl/α,β-unsaturated/α-hetero) is 1. The number of rotatable bonds is 10. The highest BCUT2D eigenvalue weighted by molar-refractivity contribution is 6.47. The number of benzene rings is 2. The summed E-state index contributed by atoms with van der Waals surface area (Å²) in [6.07, 6.45) is 5.60. The number of hydrogen-bond donors (Lipinski definition) is 2. The van der Waals surface area contributed by atoms with Gasteiger partial charge in [0.1, 0.15) is 5.71 Å². The van der Waals surface area contributed by atoms with Crippen LogP contribution in [0.4, 0.5) is 5.69 Å². The highest BCUT2D eigenvalue weighted by Crippen LogP contribution is 2.24. The molecule has 0 spiro atoms. The molecule has 0 aromatic heterocycles. The molecule has 1 aliphatic rings. The molecule has 0 saturated carbocycles. The summed E-state index contributed by atoms with van der Waals surface area (Å²) < 4.78 is 0. The molecule has 0 unspecified atom stereocenters. The van der Waals surface area contributed by atoms with E-state index in [0.717, 1.165) is 5.56 Å². The van der Waals surface area contributed by atoms with Gasteiger partial charge in [0.05, 0.1) is 27.9 Å². The van der Waals surface area contributed by atoms with E-state index in [1.54, 1.807) is 36.4 Å². The van der Waals surface area contributed by atoms with E-state index in [9.17, 15) is 14.4 Å². The minimum absolute atomic E-state index is 0.144. The van der Waals surface area contributed by atoms with Gasteiger partial charge >= 0.3 is 0 Å². The van der Waals surface area contributed by atoms with Crippen molar-refractivity contribution in [3.63, 3.8) is 0 Å². The predicted octanol–water partition coefficient (Wildman–Crippen LogP) is 4.32. The lowest BCUT2D eigenvalue weighted by Crippen LogP contribution is -2.30. The van der Waals surface area contributed by atoms with Gasteiger partial charge in [0.2, 0.25) is 5.91 Å². The van der Waals surface area contributed by atoms with Crippen LogP contribution in [0, 0.1) is 0 Å². The number of anilines is 1. The lowest BCUT2D eigenvalue weighted by molar-refractivity contribution is -0.113. The first kappa shape index (κ1) is 26.3. The van der Waals surface area contributed by atoms with Gasteiger partial charge in [-0.15, -0.1) is 0 Å². The third kappa shape index (κ3) is 7.62. The monoisotopic (exact) mass is 512 g/mol. The van der Waals surface area contributed by atoms with E-state index in [0.29, 0.717) is 30.9 Å². The molecule has 182 valence electrons. The zero-order chi connectivity index (χ0) is 25.4. The average Bonchev–Trinajstić information content (AvgIpc) is 3.25. The van der Waals surface area contributed by atoms with E-state index in [1.165, 1.54) is 6.08 Å². The number of nitrogens with zero attached hydrogens (tertiary/aromatic N) is 2. The van der Waals surface area contributed by atoms with Crippen LogP contribution in [0.2, 0.25) is 10.0 Å². The van der Waals surface area contributed by atoms with Gasteiger partial charge in [-0.3, -0.25) is 19.4 Å². The summed E-state index contributed by atoms with van der Waals surface area (Å²) >= 11 is 12.2. The Bertz CT molecular complexity index is 1200. The lowest BCUT2D eigenvalue weighted by atomic mass is 10.0. The molecule has 0 radical (unpaired) electrons. The predicted molar refractivity (Wildman–Crippen MR) is 140 cm³/mol. The normalized spacial score (nSPS) is 13.1. The summed E-state index contributed by atoms with van der Waals surface area (Å²) in [5.41, 5.74) is 2.26. The second-order valence-electron chi connectivity index (χ2n) is 8.14. The van der Waals surface area contributed by atoms with Crippen molar-refractivity contribution in [1.29, 1.82) is 0 Å². The number of likely N-dealkylation sites (N-methyl/N-ethyl adjacent to an activating group) is 1. The van der Waals surface area contributed by atoms with Crippen molar-refractivity contribution in [1.82, 2.24) is 10.2 Å². The van der Waals surface area contributed by atoms with Crippen LogP contribution in [0.1, 0.15) is 22.3 Å². The Morgan fingerprint density at radius 2 is 1.77 bits per heavy atom. The van der Waals surface area contributed by atoms with E-state index < -0.39 is 5.91 Å². The van der Waals surface area contributed by atoms with Gasteiger partial charge < -0.3 is 15.5 Å². The zero-order valence-corrected chi connectivity index (χ0v) is 21.0. The molecular weight excluding hydrogens is 487 g/mol. The molecule has 2 amide bonds. The van der Waals surface area contributed by atoms with E-state index in [4.69, 9.17) is 23.2 Å². The van der Waals surface area contributed by atoms with E-state index >= 15 is 0 Å². The molecule has 35 heavy (non-hydrogen) atoms. The molecule has 2 N–H and O–H groups in total. The SMILES string of the molecule is CN(C)C/C=C/C(=O)Nc1cccc(CCC(=O)C2=NCC=C2NC(=O)c2c(Cl)cccc2Cl)c1. The number of amides is 2. The van der Waals surface area contributed by atoms with Gasteiger partial charge in [-0.25, -0.2) is 0 Å². The Morgan fingerprint density at radius 1 is 1.06 bits per heavy atom. The number of hydrogen-bond acceptors (Lipinski definition) is 5. The van der Waals surface area contributed by atoms with Crippen molar-refractivity contribution in [2.45, 2.75) is 12.8 Å². The molecule has 0 aliphatic carbocycles. The minimum atomic E-state index is -0.502. The molecule has 3 rings (SSSR count). The van der Waals surface area contributed by atoms with Crippen molar-refractivity contribution in [2.75, 3.05) is 32.5 Å². The first-order valence-electron chi connectivity index (χ1n) is 11.0. The van der Waals surface area contributed by atoms with Crippen LogP contribution in [0.5, 0.6) is 0 Å². The molecule has 7 nitrogen and oxygen atoms in total. The van der Waals surface area contributed by atoms with Crippen LogP contribution < -0.4 is 10.6 Å². The fourth-order valence-electron chi connectivity index (χ4n) is 3.39. The average molecular weight is 513 g/mol. The summed E-state index contributed by atoms with van der Waals surface area (Å²) in [4.78, 5) is 43.8. The number of halogens is 2. The molecule has 0 fully saturated rings. The van der Waals surface area contributed by atoms with Crippen molar-refractivity contribution < 1.29 is 14.4 Å². The van der Waals surface area contributed by atoms with Gasteiger partial charge in [-0.2, -0.15) is 0 Å². The summed E-state index contributed by atoms with van der Waals surface area (Å²) in [7, 11) is 3.84. The van der Waals surface area contributed by atoms with Gasteiger partial charge in [0.25, 0.3) is 5.91 Å². The largest absolute Gasteiger partial charge is 0.323 e. The first-order valence-corrected chi connectivity index (χ1v) is 11.7. The Morgan fingerprint density at radius 3 is 2.49 bits per heavy atom. The number of aryl methyl sites for hydroxylation is 1. The molecular formula is C26H26Cl2N4O3. The van der Waals surface area contributed by atoms with Crippen LogP contribution in [-0.2, 0) is 16.0 Å². The van der Waals surface area contributed by atoms with Crippen LogP contribution in [0.15, 0.2) is 71.4 Å². The molecule has 1 aliphatic heterocycles. The van der Waals surface area contributed by atoms with Crippen molar-refractivity contribution >= 4 is 52.2 Å². The molecule has 0 atom stereocenters. The van der Waals surface area contributed by atoms with E-state index in [1.807, 2.05) is 37.2 Å². The van der Waals surface area contributed by atoms with Crippen LogP contribution in [0.3, 0.4) is 0 Å². The molecule has 0 saturated heterocycles. The number of carbonyl (C=O) groups excluding carboxylic acids is 3. The highest BCUT2D eigenvalue weighted by Gasteiger charge is 2.23. The Labute approximate surface area is 214 Å². The summed E-state index contributed by atoms with van der Waals surface area (Å²) in [6, 6.07) is 12.1. The van der Waals surface area contributed by atoms with Crippen molar-refractivity contribution in [3.8, 4) is 0 Å². The summed E-state index contributed by atoms with van der Waals surface area (Å²) in [5, 5.41) is 5.97. The van der Waals surface area contributed by atoms with Gasteiger partial charge in [-0.1, -0.05) is 47.5 Å². The molecule has 0 bridgehead atoms. The zero-order valence-electron chi connectivity index (χ0n) is 19.5. The molecule has 2 aromatic carbocycles. The number of ketones is 1. The Hall–Kier alpha value is -3.26. The second-order valence-corrected chi connectivity index (χ2v) is 8.95. The van der Waals surface area contributed by atoms with E-state index in [-0.39, 0.29) is 39.4 Å². The summed E-state index contributed by atoms with van der Waals surface area (Å²) in [6.45, 7) is 0.970. The first-order chi connectivity index (χ1) is 16.7. The number of nitrogens with one attached hydrogen (secondary N) is 2. The van der Waals surface area contributed by atoms with Gasteiger partial charge in [0, 0.05) is 24.7 Å². The maximum Gasteiger partial charge on any atom is 0.258 e.